The lowest BCUT2D eigenvalue weighted by Crippen LogP contribution is -2.46. The van der Waals surface area contributed by atoms with Crippen molar-refractivity contribution in [3.63, 3.8) is 0 Å². The van der Waals surface area contributed by atoms with E-state index in [1.54, 1.807) is 0 Å². The van der Waals surface area contributed by atoms with Crippen LogP contribution in [-0.4, -0.2) is 31.7 Å². The average Bonchev–Trinajstić information content (AvgIpc) is 2.75. The van der Waals surface area contributed by atoms with Crippen LogP contribution in [0.3, 0.4) is 0 Å². The molecule has 15 heavy (non-hydrogen) atoms. The summed E-state index contributed by atoms with van der Waals surface area (Å²) in [6, 6.07) is 0. The summed E-state index contributed by atoms with van der Waals surface area (Å²) < 4.78 is 1.29. The van der Waals surface area contributed by atoms with Crippen LogP contribution in [0.15, 0.2) is 0 Å². The highest BCUT2D eigenvalue weighted by Gasteiger charge is 2.28. The average molecular weight is 210 g/mol. The van der Waals surface area contributed by atoms with Crippen molar-refractivity contribution < 1.29 is 4.48 Å². The van der Waals surface area contributed by atoms with E-state index in [0.29, 0.717) is 0 Å². The van der Waals surface area contributed by atoms with Crippen LogP contribution in [0.1, 0.15) is 51.4 Å². The van der Waals surface area contributed by atoms with E-state index in [-0.39, 0.29) is 0 Å². The van der Waals surface area contributed by atoms with E-state index in [1.165, 1.54) is 68.9 Å². The third-order valence-corrected chi connectivity index (χ3v) is 4.45. The summed E-state index contributed by atoms with van der Waals surface area (Å²) in [5, 5.41) is 0. The Morgan fingerprint density at radius 2 is 1.07 bits per heavy atom. The maximum atomic E-state index is 2.46. The van der Waals surface area contributed by atoms with E-state index >= 15 is 0 Å². The van der Waals surface area contributed by atoms with E-state index in [2.05, 4.69) is 14.1 Å². The molecular formula is C14H28N+. The molecule has 0 amide bonds. The first-order valence-electron chi connectivity index (χ1n) is 6.98. The molecule has 1 nitrogen and oxygen atoms in total. The lowest BCUT2D eigenvalue weighted by molar-refractivity contribution is -0.896. The van der Waals surface area contributed by atoms with Gasteiger partial charge in [0.05, 0.1) is 27.2 Å². The second-order valence-electron chi connectivity index (χ2n) is 6.60. The summed E-state index contributed by atoms with van der Waals surface area (Å²) >= 11 is 0. The van der Waals surface area contributed by atoms with Crippen molar-refractivity contribution in [2.24, 2.45) is 11.8 Å². The van der Waals surface area contributed by atoms with E-state index in [4.69, 9.17) is 0 Å². The molecule has 1 heteroatoms. The van der Waals surface area contributed by atoms with Crippen LogP contribution in [0.5, 0.6) is 0 Å². The molecule has 0 heterocycles. The van der Waals surface area contributed by atoms with Crippen molar-refractivity contribution in [3.05, 3.63) is 0 Å². The normalized spacial score (nSPS) is 25.2. The molecule has 0 spiro atoms. The molecule has 0 bridgehead atoms. The van der Waals surface area contributed by atoms with Gasteiger partial charge in [0.2, 0.25) is 0 Å². The van der Waals surface area contributed by atoms with Crippen LogP contribution in [0.4, 0.5) is 0 Å². The highest BCUT2D eigenvalue weighted by Crippen LogP contribution is 2.30. The number of rotatable bonds is 4. The Kier molecular flexibility index (Phi) is 3.71. The zero-order valence-electron chi connectivity index (χ0n) is 10.7. The predicted octanol–water partition coefficient (Wildman–Crippen LogP) is 3.44. The number of nitrogens with zero attached hydrogens (tertiary/aromatic N) is 1. The molecule has 0 aliphatic heterocycles. The molecule has 0 unspecified atom stereocenters. The molecule has 0 atom stereocenters. The van der Waals surface area contributed by atoms with E-state index in [0.717, 1.165) is 11.8 Å². The Morgan fingerprint density at radius 3 is 1.40 bits per heavy atom. The molecule has 2 rings (SSSR count). The van der Waals surface area contributed by atoms with Gasteiger partial charge in [-0.15, -0.1) is 0 Å². The summed E-state index contributed by atoms with van der Waals surface area (Å²) in [4.78, 5) is 0. The van der Waals surface area contributed by atoms with Gasteiger partial charge in [-0.2, -0.15) is 0 Å². The third kappa shape index (κ3) is 3.48. The summed E-state index contributed by atoms with van der Waals surface area (Å²) in [7, 11) is 4.91. The Bertz CT molecular complexity index is 166. The molecule has 2 aliphatic carbocycles. The van der Waals surface area contributed by atoms with Crippen molar-refractivity contribution in [1.82, 2.24) is 0 Å². The first-order chi connectivity index (χ1) is 7.16. The van der Waals surface area contributed by atoms with Crippen molar-refractivity contribution in [3.8, 4) is 0 Å². The van der Waals surface area contributed by atoms with Gasteiger partial charge in [-0.3, -0.25) is 0 Å². The SMILES string of the molecule is C[N+](C)(CC1CCCC1)CC1CCCC1. The fourth-order valence-corrected chi connectivity index (χ4v) is 3.86. The minimum Gasteiger partial charge on any atom is -0.328 e. The molecule has 0 radical (unpaired) electrons. The maximum absolute atomic E-state index is 2.46. The van der Waals surface area contributed by atoms with Crippen LogP contribution in [-0.2, 0) is 0 Å². The molecule has 2 saturated carbocycles. The van der Waals surface area contributed by atoms with Gasteiger partial charge in [0.1, 0.15) is 0 Å². The predicted molar refractivity (Wildman–Crippen MR) is 65.8 cm³/mol. The van der Waals surface area contributed by atoms with Gasteiger partial charge in [0.25, 0.3) is 0 Å². The maximum Gasteiger partial charge on any atom is 0.0811 e. The molecule has 88 valence electrons. The molecule has 2 aliphatic rings. The van der Waals surface area contributed by atoms with Gasteiger partial charge < -0.3 is 4.48 Å². The lowest BCUT2D eigenvalue weighted by Gasteiger charge is -2.34. The first-order valence-corrected chi connectivity index (χ1v) is 6.98. The van der Waals surface area contributed by atoms with Crippen LogP contribution >= 0.6 is 0 Å². The summed E-state index contributed by atoms with van der Waals surface area (Å²) in [5.74, 6) is 2.09. The standard InChI is InChI=1S/C14H28N/c1-15(2,11-13-7-3-4-8-13)12-14-9-5-6-10-14/h13-14H,3-12H2,1-2H3/q+1. The van der Waals surface area contributed by atoms with Gasteiger partial charge in [-0.1, -0.05) is 25.7 Å². The fraction of sp³-hybridized carbons (Fsp3) is 1.00. The largest absolute Gasteiger partial charge is 0.328 e. The second-order valence-corrected chi connectivity index (χ2v) is 6.60. The summed E-state index contributed by atoms with van der Waals surface area (Å²) in [6.45, 7) is 2.88. The van der Waals surface area contributed by atoms with Gasteiger partial charge >= 0.3 is 0 Å². The molecule has 0 aromatic heterocycles. The second kappa shape index (κ2) is 4.86. The molecular weight excluding hydrogens is 182 g/mol. The summed E-state index contributed by atoms with van der Waals surface area (Å²) in [5.41, 5.74) is 0. The van der Waals surface area contributed by atoms with E-state index in [9.17, 15) is 0 Å². The Balaban J connectivity index is 1.76. The smallest absolute Gasteiger partial charge is 0.0811 e. The molecule has 0 aromatic carbocycles. The topological polar surface area (TPSA) is 0 Å². The van der Waals surface area contributed by atoms with Crippen molar-refractivity contribution in [1.29, 1.82) is 0 Å². The Labute approximate surface area is 95.4 Å². The van der Waals surface area contributed by atoms with Crippen molar-refractivity contribution >= 4 is 0 Å². The summed E-state index contributed by atoms with van der Waals surface area (Å²) in [6.07, 6.45) is 12.0. The Morgan fingerprint density at radius 1 is 0.733 bits per heavy atom. The van der Waals surface area contributed by atoms with Crippen LogP contribution in [0.25, 0.3) is 0 Å². The fourth-order valence-electron chi connectivity index (χ4n) is 3.86. The van der Waals surface area contributed by atoms with Crippen LogP contribution in [0.2, 0.25) is 0 Å². The van der Waals surface area contributed by atoms with E-state index in [1.807, 2.05) is 0 Å². The zero-order valence-corrected chi connectivity index (χ0v) is 10.7. The minimum absolute atomic E-state index is 1.04. The van der Waals surface area contributed by atoms with Crippen LogP contribution in [0, 0.1) is 11.8 Å². The zero-order chi connectivity index (χ0) is 10.7. The molecule has 0 saturated heterocycles. The van der Waals surface area contributed by atoms with E-state index < -0.39 is 0 Å². The number of hydrogen-bond donors (Lipinski definition) is 0. The van der Waals surface area contributed by atoms with Crippen molar-refractivity contribution in [2.75, 3.05) is 27.2 Å². The highest BCUT2D eigenvalue weighted by atomic mass is 15.3. The molecule has 2 fully saturated rings. The van der Waals surface area contributed by atoms with Gasteiger partial charge in [-0.05, 0) is 25.7 Å². The van der Waals surface area contributed by atoms with Gasteiger partial charge in [0, 0.05) is 11.8 Å². The third-order valence-electron chi connectivity index (χ3n) is 4.45. The highest BCUT2D eigenvalue weighted by molar-refractivity contribution is 4.69. The monoisotopic (exact) mass is 210 g/mol. The molecule has 0 N–H and O–H groups in total. The lowest BCUT2D eigenvalue weighted by atomic mass is 10.0. The first kappa shape index (κ1) is 11.4. The molecule has 0 aromatic rings. The van der Waals surface area contributed by atoms with Gasteiger partial charge in [0.15, 0.2) is 0 Å². The number of quaternary nitrogens is 1. The quantitative estimate of drug-likeness (QED) is 0.624. The Hall–Kier alpha value is -0.0400. The van der Waals surface area contributed by atoms with Crippen molar-refractivity contribution in [2.45, 2.75) is 51.4 Å². The minimum atomic E-state index is 1.04. The number of hydrogen-bond acceptors (Lipinski definition) is 0. The van der Waals surface area contributed by atoms with Crippen LogP contribution < -0.4 is 0 Å². The van der Waals surface area contributed by atoms with Gasteiger partial charge in [-0.25, -0.2) is 0 Å².